The Balaban J connectivity index is 2.02. The smallest absolute Gasteiger partial charge is 0.325 e. The number of benzene rings is 2. The molecule has 0 saturated carbocycles. The van der Waals surface area contributed by atoms with Crippen LogP contribution in [0.1, 0.15) is 11.6 Å². The number of hydrogen-bond donors (Lipinski definition) is 1. The molecule has 0 fully saturated rings. The topological polar surface area (TPSA) is 53.8 Å². The molecule has 2 aliphatic heterocycles. The quantitative estimate of drug-likeness (QED) is 0.827. The van der Waals surface area contributed by atoms with Crippen molar-refractivity contribution in [2.75, 3.05) is 0 Å². The second-order valence-corrected chi connectivity index (χ2v) is 4.77. The normalized spacial score (nSPS) is 19.6. The SMILES string of the molecule is O=C1N=C2N=c3ccccc3=C2C(c2ccccc2)N1. The van der Waals surface area contributed by atoms with Crippen LogP contribution < -0.4 is 15.9 Å². The van der Waals surface area contributed by atoms with Crippen LogP contribution in [0.15, 0.2) is 64.6 Å². The minimum absolute atomic E-state index is 0.191. The van der Waals surface area contributed by atoms with Gasteiger partial charge in [-0.25, -0.2) is 9.79 Å². The number of carbonyl (C=O) groups excluding carboxylic acids is 1. The number of para-hydroxylation sites is 1. The molecule has 2 amide bonds. The molecule has 96 valence electrons. The van der Waals surface area contributed by atoms with Gasteiger partial charge in [0, 0.05) is 10.8 Å². The van der Waals surface area contributed by atoms with Crippen LogP contribution in [0.3, 0.4) is 0 Å². The molecule has 0 aromatic heterocycles. The van der Waals surface area contributed by atoms with Crippen molar-refractivity contribution < 1.29 is 4.79 Å². The number of carbonyl (C=O) groups is 1. The molecule has 2 aliphatic rings. The summed E-state index contributed by atoms with van der Waals surface area (Å²) < 4.78 is 0. The van der Waals surface area contributed by atoms with Gasteiger partial charge < -0.3 is 5.32 Å². The molecule has 20 heavy (non-hydrogen) atoms. The number of rotatable bonds is 1. The van der Waals surface area contributed by atoms with Gasteiger partial charge in [-0.05, 0) is 11.6 Å². The van der Waals surface area contributed by atoms with Crippen LogP contribution in [-0.4, -0.2) is 11.9 Å². The van der Waals surface area contributed by atoms with Crippen molar-refractivity contribution in [2.24, 2.45) is 9.98 Å². The zero-order valence-electron chi connectivity index (χ0n) is 10.6. The van der Waals surface area contributed by atoms with Gasteiger partial charge in [0.15, 0.2) is 5.84 Å². The summed E-state index contributed by atoms with van der Waals surface area (Å²) in [5, 5.41) is 4.84. The Hall–Kier alpha value is -2.75. The van der Waals surface area contributed by atoms with E-state index in [9.17, 15) is 4.79 Å². The van der Waals surface area contributed by atoms with Gasteiger partial charge in [-0.15, -0.1) is 0 Å². The minimum atomic E-state index is -0.339. The Kier molecular flexibility index (Phi) is 2.29. The van der Waals surface area contributed by atoms with Crippen molar-refractivity contribution >= 4 is 17.4 Å². The minimum Gasteiger partial charge on any atom is -0.325 e. The van der Waals surface area contributed by atoms with Crippen LogP contribution >= 0.6 is 0 Å². The number of nitrogens with one attached hydrogen (secondary N) is 1. The summed E-state index contributed by atoms with van der Waals surface area (Å²) in [5.41, 5.74) is 2.02. The molecule has 0 spiro atoms. The summed E-state index contributed by atoms with van der Waals surface area (Å²) in [7, 11) is 0. The number of urea groups is 1. The number of fused-ring (bicyclic) bond motifs is 2. The molecule has 2 aromatic rings. The molecular formula is C16H11N3O. The maximum Gasteiger partial charge on any atom is 0.343 e. The molecule has 1 atom stereocenters. The van der Waals surface area contributed by atoms with Gasteiger partial charge in [-0.1, -0.05) is 48.5 Å². The lowest BCUT2D eigenvalue weighted by Crippen LogP contribution is -2.36. The second-order valence-electron chi connectivity index (χ2n) is 4.77. The van der Waals surface area contributed by atoms with E-state index in [1.54, 1.807) is 0 Å². The molecule has 0 saturated heterocycles. The van der Waals surface area contributed by atoms with E-state index in [0.29, 0.717) is 5.84 Å². The van der Waals surface area contributed by atoms with Gasteiger partial charge >= 0.3 is 6.03 Å². The van der Waals surface area contributed by atoms with Gasteiger partial charge in [-0.3, -0.25) is 0 Å². The fourth-order valence-electron chi connectivity index (χ4n) is 2.68. The van der Waals surface area contributed by atoms with E-state index < -0.39 is 0 Å². The zero-order valence-corrected chi connectivity index (χ0v) is 10.6. The maximum absolute atomic E-state index is 11.8. The monoisotopic (exact) mass is 261 g/mol. The van der Waals surface area contributed by atoms with Gasteiger partial charge in [0.2, 0.25) is 0 Å². The standard InChI is InChI=1S/C16H11N3O/c20-16-18-14(10-6-2-1-3-7-10)13-11-8-4-5-9-12(11)17-15(13)19-16/h1-9,14H,(H,18,20). The fraction of sp³-hybridized carbons (Fsp3) is 0.0625. The number of hydrogen-bond acceptors (Lipinski definition) is 2. The van der Waals surface area contributed by atoms with E-state index in [1.807, 2.05) is 54.6 Å². The summed E-state index contributed by atoms with van der Waals surface area (Å²) in [4.78, 5) is 20.2. The molecule has 4 nitrogen and oxygen atoms in total. The van der Waals surface area contributed by atoms with Gasteiger partial charge in [-0.2, -0.15) is 4.99 Å². The van der Waals surface area contributed by atoms with Crippen LogP contribution in [0, 0.1) is 0 Å². The van der Waals surface area contributed by atoms with Gasteiger partial charge in [0.05, 0.1) is 11.4 Å². The fourth-order valence-corrected chi connectivity index (χ4v) is 2.68. The predicted octanol–water partition coefficient (Wildman–Crippen LogP) is 1.33. The average Bonchev–Trinajstić information content (AvgIpc) is 2.85. The summed E-state index contributed by atoms with van der Waals surface area (Å²) in [6.45, 7) is 0. The Morgan fingerprint density at radius 2 is 1.65 bits per heavy atom. The molecule has 4 rings (SSSR count). The number of aliphatic imine (C=N–C) groups is 1. The van der Waals surface area contributed by atoms with E-state index in [1.165, 1.54) is 0 Å². The van der Waals surface area contributed by atoms with Crippen molar-refractivity contribution in [3.8, 4) is 0 Å². The first-order valence-electron chi connectivity index (χ1n) is 6.45. The molecule has 2 aromatic carbocycles. The molecule has 0 radical (unpaired) electrons. The summed E-state index contributed by atoms with van der Waals surface area (Å²) in [5.74, 6) is 0.531. The van der Waals surface area contributed by atoms with Crippen LogP contribution in [-0.2, 0) is 0 Å². The summed E-state index contributed by atoms with van der Waals surface area (Å²) >= 11 is 0. The first-order valence-corrected chi connectivity index (χ1v) is 6.45. The Morgan fingerprint density at radius 1 is 0.900 bits per heavy atom. The van der Waals surface area contributed by atoms with Crippen molar-refractivity contribution in [3.05, 3.63) is 70.7 Å². The van der Waals surface area contributed by atoms with E-state index in [2.05, 4.69) is 15.3 Å². The maximum atomic E-state index is 11.8. The first-order chi connectivity index (χ1) is 9.83. The number of nitrogens with zero attached hydrogens (tertiary/aromatic N) is 2. The van der Waals surface area contributed by atoms with Crippen LogP contribution in [0.4, 0.5) is 4.79 Å². The van der Waals surface area contributed by atoms with Crippen LogP contribution in [0.5, 0.6) is 0 Å². The molecule has 4 heteroatoms. The van der Waals surface area contributed by atoms with Crippen LogP contribution in [0.25, 0.3) is 5.57 Å². The lowest BCUT2D eigenvalue weighted by atomic mass is 9.96. The third-order valence-corrected chi connectivity index (χ3v) is 3.56. The summed E-state index contributed by atoms with van der Waals surface area (Å²) in [6.07, 6.45) is 0. The largest absolute Gasteiger partial charge is 0.343 e. The molecule has 1 unspecified atom stereocenters. The van der Waals surface area contributed by atoms with E-state index in [-0.39, 0.29) is 12.1 Å². The highest BCUT2D eigenvalue weighted by atomic mass is 16.2. The third-order valence-electron chi connectivity index (χ3n) is 3.56. The highest BCUT2D eigenvalue weighted by molar-refractivity contribution is 6.25. The average molecular weight is 261 g/mol. The number of amides is 2. The van der Waals surface area contributed by atoms with Crippen LogP contribution in [0.2, 0.25) is 0 Å². The van der Waals surface area contributed by atoms with Crippen molar-refractivity contribution in [2.45, 2.75) is 6.04 Å². The lowest BCUT2D eigenvalue weighted by molar-refractivity contribution is 0.247. The molecule has 1 N–H and O–H groups in total. The van der Waals surface area contributed by atoms with Crippen molar-refractivity contribution in [1.82, 2.24) is 5.32 Å². The van der Waals surface area contributed by atoms with Crippen molar-refractivity contribution in [1.29, 1.82) is 0 Å². The summed E-state index contributed by atoms with van der Waals surface area (Å²) in [6, 6.07) is 17.2. The van der Waals surface area contributed by atoms with Crippen molar-refractivity contribution in [3.63, 3.8) is 0 Å². The van der Waals surface area contributed by atoms with E-state index >= 15 is 0 Å². The lowest BCUT2D eigenvalue weighted by Gasteiger charge is -2.23. The third kappa shape index (κ3) is 1.58. The predicted molar refractivity (Wildman–Crippen MR) is 75.8 cm³/mol. The first kappa shape index (κ1) is 11.1. The molecule has 0 aliphatic carbocycles. The van der Waals surface area contributed by atoms with Gasteiger partial charge in [0.1, 0.15) is 0 Å². The highest BCUT2D eigenvalue weighted by Gasteiger charge is 2.30. The Bertz CT molecular complexity index is 853. The Labute approximate surface area is 115 Å². The Morgan fingerprint density at radius 3 is 2.50 bits per heavy atom. The molecule has 2 heterocycles. The molecular weight excluding hydrogens is 250 g/mol. The van der Waals surface area contributed by atoms with Gasteiger partial charge in [0.25, 0.3) is 0 Å². The zero-order chi connectivity index (χ0) is 13.5. The highest BCUT2D eigenvalue weighted by Crippen LogP contribution is 2.27. The van der Waals surface area contributed by atoms with E-state index in [4.69, 9.17) is 0 Å². The number of amidine groups is 1. The second kappa shape index (κ2) is 4.13. The molecule has 0 bridgehead atoms. The van der Waals surface area contributed by atoms with E-state index in [0.717, 1.165) is 21.7 Å².